The second-order valence-corrected chi connectivity index (χ2v) is 5.43. The van der Waals surface area contributed by atoms with Crippen LogP contribution in [0.4, 0.5) is 0 Å². The first-order valence-electron chi connectivity index (χ1n) is 6.67. The molecule has 0 bridgehead atoms. The SMILES string of the molecule is CCC(N)CC1CCC2(CCCCC2)O1. The topological polar surface area (TPSA) is 35.2 Å². The first-order chi connectivity index (χ1) is 7.24. The second-order valence-electron chi connectivity index (χ2n) is 5.43. The molecule has 2 aliphatic rings. The monoisotopic (exact) mass is 211 g/mol. The normalized spacial score (nSPS) is 32.0. The van der Waals surface area contributed by atoms with Crippen LogP contribution in [-0.2, 0) is 4.74 Å². The van der Waals surface area contributed by atoms with Gasteiger partial charge in [-0.25, -0.2) is 0 Å². The van der Waals surface area contributed by atoms with Crippen molar-refractivity contribution < 1.29 is 4.74 Å². The number of ether oxygens (including phenoxy) is 1. The van der Waals surface area contributed by atoms with E-state index in [0.29, 0.717) is 12.1 Å². The Balaban J connectivity index is 1.82. The Labute approximate surface area is 93.6 Å². The van der Waals surface area contributed by atoms with Crippen LogP contribution in [0.1, 0.15) is 64.7 Å². The molecular formula is C13H25NO. The second kappa shape index (κ2) is 4.84. The van der Waals surface area contributed by atoms with E-state index in [1.54, 1.807) is 0 Å². The zero-order valence-corrected chi connectivity index (χ0v) is 10.0. The summed E-state index contributed by atoms with van der Waals surface area (Å²) in [7, 11) is 0. The summed E-state index contributed by atoms with van der Waals surface area (Å²) in [5.74, 6) is 0. The molecule has 0 amide bonds. The lowest BCUT2D eigenvalue weighted by molar-refractivity contribution is -0.0671. The molecule has 1 heterocycles. The Bertz CT molecular complexity index is 199. The molecule has 2 fully saturated rings. The van der Waals surface area contributed by atoms with Crippen molar-refractivity contribution in [3.63, 3.8) is 0 Å². The molecule has 2 nitrogen and oxygen atoms in total. The average molecular weight is 211 g/mol. The van der Waals surface area contributed by atoms with Gasteiger partial charge in [0, 0.05) is 6.04 Å². The molecule has 1 spiro atoms. The minimum Gasteiger partial charge on any atom is -0.372 e. The van der Waals surface area contributed by atoms with E-state index in [0.717, 1.165) is 12.8 Å². The molecule has 0 radical (unpaired) electrons. The lowest BCUT2D eigenvalue weighted by Gasteiger charge is -2.33. The molecule has 2 unspecified atom stereocenters. The molecule has 2 heteroatoms. The van der Waals surface area contributed by atoms with Gasteiger partial charge in [-0.3, -0.25) is 0 Å². The van der Waals surface area contributed by atoms with E-state index < -0.39 is 0 Å². The van der Waals surface area contributed by atoms with Gasteiger partial charge in [0.05, 0.1) is 11.7 Å². The van der Waals surface area contributed by atoms with Gasteiger partial charge in [0.15, 0.2) is 0 Å². The molecule has 1 aliphatic heterocycles. The Morgan fingerprint density at radius 3 is 2.67 bits per heavy atom. The maximum atomic E-state index is 6.28. The van der Waals surface area contributed by atoms with Gasteiger partial charge in [-0.1, -0.05) is 26.2 Å². The minimum absolute atomic E-state index is 0.274. The van der Waals surface area contributed by atoms with Crippen molar-refractivity contribution in [3.05, 3.63) is 0 Å². The summed E-state index contributed by atoms with van der Waals surface area (Å²) in [5.41, 5.74) is 6.26. The first-order valence-corrected chi connectivity index (χ1v) is 6.67. The van der Waals surface area contributed by atoms with Crippen LogP contribution in [0.2, 0.25) is 0 Å². The molecule has 15 heavy (non-hydrogen) atoms. The highest BCUT2D eigenvalue weighted by Crippen LogP contribution is 2.42. The summed E-state index contributed by atoms with van der Waals surface area (Å²) < 4.78 is 6.28. The summed E-state index contributed by atoms with van der Waals surface area (Å²) >= 11 is 0. The first kappa shape index (κ1) is 11.4. The number of hydrogen-bond donors (Lipinski definition) is 1. The van der Waals surface area contributed by atoms with Crippen molar-refractivity contribution in [2.45, 2.75) is 82.5 Å². The number of nitrogens with two attached hydrogens (primary N) is 1. The van der Waals surface area contributed by atoms with Crippen LogP contribution in [0, 0.1) is 0 Å². The van der Waals surface area contributed by atoms with Crippen molar-refractivity contribution in [2.75, 3.05) is 0 Å². The van der Waals surface area contributed by atoms with Crippen LogP contribution >= 0.6 is 0 Å². The van der Waals surface area contributed by atoms with Gasteiger partial charge in [0.25, 0.3) is 0 Å². The maximum absolute atomic E-state index is 6.28. The molecule has 2 rings (SSSR count). The highest BCUT2D eigenvalue weighted by molar-refractivity contribution is 4.91. The quantitative estimate of drug-likeness (QED) is 0.779. The van der Waals surface area contributed by atoms with E-state index in [-0.39, 0.29) is 5.60 Å². The molecule has 88 valence electrons. The molecule has 1 saturated carbocycles. The van der Waals surface area contributed by atoms with Gasteiger partial charge in [0.2, 0.25) is 0 Å². The van der Waals surface area contributed by atoms with Crippen LogP contribution < -0.4 is 5.73 Å². The standard InChI is InChI=1S/C13H25NO/c1-2-11(14)10-12-6-9-13(15-12)7-4-3-5-8-13/h11-12H,2-10,14H2,1H3. The molecule has 0 aromatic heterocycles. The number of rotatable bonds is 3. The van der Waals surface area contributed by atoms with Crippen LogP contribution in [0.3, 0.4) is 0 Å². The molecule has 0 aromatic rings. The molecule has 1 saturated heterocycles. The number of hydrogen-bond acceptors (Lipinski definition) is 2. The summed E-state index contributed by atoms with van der Waals surface area (Å²) in [5, 5.41) is 0. The summed E-state index contributed by atoms with van der Waals surface area (Å²) in [4.78, 5) is 0. The lowest BCUT2D eigenvalue weighted by atomic mass is 9.83. The highest BCUT2D eigenvalue weighted by Gasteiger charge is 2.40. The van der Waals surface area contributed by atoms with Crippen LogP contribution in [0.25, 0.3) is 0 Å². The third-order valence-electron chi connectivity index (χ3n) is 4.19. The van der Waals surface area contributed by atoms with Gasteiger partial charge in [-0.2, -0.15) is 0 Å². The van der Waals surface area contributed by atoms with E-state index in [4.69, 9.17) is 10.5 Å². The maximum Gasteiger partial charge on any atom is 0.0687 e. The predicted molar refractivity (Wildman–Crippen MR) is 62.8 cm³/mol. The van der Waals surface area contributed by atoms with Gasteiger partial charge in [-0.15, -0.1) is 0 Å². The van der Waals surface area contributed by atoms with E-state index in [2.05, 4.69) is 6.92 Å². The fourth-order valence-electron chi connectivity index (χ4n) is 3.13. The van der Waals surface area contributed by atoms with Gasteiger partial charge in [-0.05, 0) is 38.5 Å². The summed E-state index contributed by atoms with van der Waals surface area (Å²) in [6, 6.07) is 0.341. The molecule has 2 atom stereocenters. The van der Waals surface area contributed by atoms with Crippen LogP contribution in [0.5, 0.6) is 0 Å². The van der Waals surface area contributed by atoms with Gasteiger partial charge >= 0.3 is 0 Å². The largest absolute Gasteiger partial charge is 0.372 e. The van der Waals surface area contributed by atoms with Crippen molar-refractivity contribution >= 4 is 0 Å². The zero-order chi connectivity index (χ0) is 10.7. The molecule has 1 aliphatic carbocycles. The Hall–Kier alpha value is -0.0800. The Kier molecular flexibility index (Phi) is 3.68. The van der Waals surface area contributed by atoms with Crippen molar-refractivity contribution in [1.29, 1.82) is 0 Å². The van der Waals surface area contributed by atoms with Crippen LogP contribution in [-0.4, -0.2) is 17.7 Å². The molecule has 0 aromatic carbocycles. The van der Waals surface area contributed by atoms with E-state index >= 15 is 0 Å². The Morgan fingerprint density at radius 1 is 1.27 bits per heavy atom. The van der Waals surface area contributed by atoms with Crippen molar-refractivity contribution in [2.24, 2.45) is 5.73 Å². The van der Waals surface area contributed by atoms with Crippen molar-refractivity contribution in [3.8, 4) is 0 Å². The summed E-state index contributed by atoms with van der Waals surface area (Å²) in [6.45, 7) is 2.16. The lowest BCUT2D eigenvalue weighted by Crippen LogP contribution is -2.33. The van der Waals surface area contributed by atoms with Crippen LogP contribution in [0.15, 0.2) is 0 Å². The van der Waals surface area contributed by atoms with E-state index in [1.165, 1.54) is 44.9 Å². The smallest absolute Gasteiger partial charge is 0.0687 e. The summed E-state index contributed by atoms with van der Waals surface area (Å²) in [6.07, 6.45) is 11.9. The third kappa shape index (κ3) is 2.73. The van der Waals surface area contributed by atoms with Crippen molar-refractivity contribution in [1.82, 2.24) is 0 Å². The van der Waals surface area contributed by atoms with E-state index in [9.17, 15) is 0 Å². The highest BCUT2D eigenvalue weighted by atomic mass is 16.5. The average Bonchev–Trinajstić information content (AvgIpc) is 2.62. The van der Waals surface area contributed by atoms with E-state index in [1.807, 2.05) is 0 Å². The fraction of sp³-hybridized carbons (Fsp3) is 1.00. The third-order valence-corrected chi connectivity index (χ3v) is 4.19. The fourth-order valence-corrected chi connectivity index (χ4v) is 3.13. The Morgan fingerprint density at radius 2 is 2.00 bits per heavy atom. The molecule has 2 N–H and O–H groups in total. The van der Waals surface area contributed by atoms with Gasteiger partial charge in [0.1, 0.15) is 0 Å². The molecular weight excluding hydrogens is 186 g/mol. The van der Waals surface area contributed by atoms with Gasteiger partial charge < -0.3 is 10.5 Å². The zero-order valence-electron chi connectivity index (χ0n) is 10.0. The predicted octanol–water partition coefficient (Wildman–Crippen LogP) is 3.00. The minimum atomic E-state index is 0.274.